The summed E-state index contributed by atoms with van der Waals surface area (Å²) >= 11 is 0. The van der Waals surface area contributed by atoms with E-state index in [1.165, 1.54) is 5.56 Å². The van der Waals surface area contributed by atoms with Crippen LogP contribution in [0.15, 0.2) is 24.3 Å². The average Bonchev–Trinajstić information content (AvgIpc) is 2.49. The van der Waals surface area contributed by atoms with Crippen molar-refractivity contribution in [3.63, 3.8) is 0 Å². The van der Waals surface area contributed by atoms with Crippen LogP contribution in [0.2, 0.25) is 0 Å². The molecule has 0 saturated heterocycles. The Balaban J connectivity index is 2.65. The van der Waals surface area contributed by atoms with Gasteiger partial charge in [-0.3, -0.25) is 0 Å². The second-order valence-electron chi connectivity index (χ2n) is 5.41. The summed E-state index contributed by atoms with van der Waals surface area (Å²) in [5.74, 6) is 0. The largest absolute Gasteiger partial charge is 0.325 e. The molecule has 4 heteroatoms. The summed E-state index contributed by atoms with van der Waals surface area (Å²) in [7, 11) is 1.86. The highest BCUT2D eigenvalue weighted by Gasteiger charge is 2.16. The molecule has 1 unspecified atom stereocenters. The Morgan fingerprint density at radius 2 is 1.71 bits per heavy atom. The van der Waals surface area contributed by atoms with Crippen LogP contribution < -0.4 is 10.6 Å². The van der Waals surface area contributed by atoms with Crippen molar-refractivity contribution in [2.24, 2.45) is 0 Å². The molecular weight excluding hydrogens is 262 g/mol. The number of carbonyl (C=O) groups excluding carboxylic acids is 1. The predicted molar refractivity (Wildman–Crippen MR) is 89.7 cm³/mol. The normalized spacial score (nSPS) is 12.3. The molecule has 1 atom stereocenters. The fourth-order valence-electron chi connectivity index (χ4n) is 2.49. The summed E-state index contributed by atoms with van der Waals surface area (Å²) in [6.07, 6.45) is 1.94. The van der Waals surface area contributed by atoms with E-state index in [9.17, 15) is 4.79 Å². The van der Waals surface area contributed by atoms with Crippen LogP contribution in [0.4, 0.5) is 10.5 Å². The van der Waals surface area contributed by atoms with Crippen molar-refractivity contribution in [2.45, 2.75) is 52.6 Å². The third-order valence-electron chi connectivity index (χ3n) is 3.98. The molecule has 21 heavy (non-hydrogen) atoms. The lowest BCUT2D eigenvalue weighted by Gasteiger charge is -2.26. The highest BCUT2D eigenvalue weighted by atomic mass is 16.2. The molecule has 1 aromatic rings. The van der Waals surface area contributed by atoms with Crippen molar-refractivity contribution in [2.75, 3.05) is 18.9 Å². The highest BCUT2D eigenvalue weighted by molar-refractivity contribution is 5.89. The maximum atomic E-state index is 12.2. The molecule has 0 aliphatic carbocycles. The number of benzene rings is 1. The van der Waals surface area contributed by atoms with E-state index in [4.69, 9.17) is 0 Å². The molecule has 2 N–H and O–H groups in total. The minimum atomic E-state index is -0.0452. The van der Waals surface area contributed by atoms with Gasteiger partial charge in [-0.05, 0) is 44.0 Å². The van der Waals surface area contributed by atoms with E-state index in [0.717, 1.165) is 25.1 Å². The van der Waals surface area contributed by atoms with Gasteiger partial charge in [0, 0.05) is 24.8 Å². The van der Waals surface area contributed by atoms with Crippen molar-refractivity contribution in [1.82, 2.24) is 10.2 Å². The van der Waals surface area contributed by atoms with Gasteiger partial charge in [-0.25, -0.2) is 4.79 Å². The SMILES string of the molecule is CCNC(C)c1ccc(NC(=O)N(C)C(CC)CC)cc1. The lowest BCUT2D eigenvalue weighted by atomic mass is 10.1. The quantitative estimate of drug-likeness (QED) is 0.797. The van der Waals surface area contributed by atoms with Crippen molar-refractivity contribution < 1.29 is 4.79 Å². The zero-order chi connectivity index (χ0) is 15.8. The molecule has 1 aromatic carbocycles. The third-order valence-corrected chi connectivity index (χ3v) is 3.98. The van der Waals surface area contributed by atoms with E-state index in [2.05, 4.69) is 50.5 Å². The van der Waals surface area contributed by atoms with Gasteiger partial charge >= 0.3 is 6.03 Å². The molecule has 2 amide bonds. The van der Waals surface area contributed by atoms with Gasteiger partial charge in [0.05, 0.1) is 0 Å². The molecule has 118 valence electrons. The van der Waals surface area contributed by atoms with Crippen molar-refractivity contribution in [3.8, 4) is 0 Å². The number of carbonyl (C=O) groups is 1. The minimum absolute atomic E-state index is 0.0452. The van der Waals surface area contributed by atoms with Crippen LogP contribution in [0, 0.1) is 0 Å². The van der Waals surface area contributed by atoms with E-state index in [0.29, 0.717) is 6.04 Å². The van der Waals surface area contributed by atoms with E-state index in [1.807, 2.05) is 19.2 Å². The van der Waals surface area contributed by atoms with Crippen molar-refractivity contribution >= 4 is 11.7 Å². The first-order valence-electron chi connectivity index (χ1n) is 7.90. The van der Waals surface area contributed by atoms with Gasteiger partial charge in [0.1, 0.15) is 0 Å². The van der Waals surface area contributed by atoms with Gasteiger partial charge in [0.15, 0.2) is 0 Å². The highest BCUT2D eigenvalue weighted by Crippen LogP contribution is 2.17. The fourth-order valence-corrected chi connectivity index (χ4v) is 2.49. The minimum Gasteiger partial charge on any atom is -0.325 e. The summed E-state index contributed by atoms with van der Waals surface area (Å²) in [6.45, 7) is 9.39. The fraction of sp³-hybridized carbons (Fsp3) is 0.588. The Hall–Kier alpha value is -1.55. The van der Waals surface area contributed by atoms with Gasteiger partial charge in [0.2, 0.25) is 0 Å². The molecule has 0 aliphatic heterocycles. The Labute approximate surface area is 128 Å². The van der Waals surface area contributed by atoms with Gasteiger partial charge in [-0.2, -0.15) is 0 Å². The maximum absolute atomic E-state index is 12.2. The van der Waals surface area contributed by atoms with Crippen LogP contribution >= 0.6 is 0 Å². The van der Waals surface area contributed by atoms with Gasteiger partial charge in [-0.1, -0.05) is 32.9 Å². The molecule has 0 heterocycles. The van der Waals surface area contributed by atoms with Gasteiger partial charge in [0.25, 0.3) is 0 Å². The smallest absolute Gasteiger partial charge is 0.321 e. The number of amides is 2. The van der Waals surface area contributed by atoms with Crippen molar-refractivity contribution in [3.05, 3.63) is 29.8 Å². The lowest BCUT2D eigenvalue weighted by Crippen LogP contribution is -2.39. The molecule has 0 aliphatic rings. The zero-order valence-electron chi connectivity index (χ0n) is 13.9. The lowest BCUT2D eigenvalue weighted by molar-refractivity contribution is 0.200. The molecule has 0 aromatic heterocycles. The molecule has 0 bridgehead atoms. The van der Waals surface area contributed by atoms with Crippen LogP contribution in [0.1, 0.15) is 52.1 Å². The van der Waals surface area contributed by atoms with E-state index in [-0.39, 0.29) is 12.1 Å². The number of rotatable bonds is 7. The first-order chi connectivity index (χ1) is 10.0. The Morgan fingerprint density at radius 3 is 2.19 bits per heavy atom. The number of nitrogens with one attached hydrogen (secondary N) is 2. The number of hydrogen-bond acceptors (Lipinski definition) is 2. The Morgan fingerprint density at radius 1 is 1.14 bits per heavy atom. The average molecular weight is 291 g/mol. The molecule has 0 fully saturated rings. The second kappa shape index (κ2) is 8.67. The Kier molecular flexibility index (Phi) is 7.23. The summed E-state index contributed by atoms with van der Waals surface area (Å²) < 4.78 is 0. The molecular formula is C17H29N3O. The van der Waals surface area contributed by atoms with Crippen LogP contribution in [0.25, 0.3) is 0 Å². The van der Waals surface area contributed by atoms with Gasteiger partial charge < -0.3 is 15.5 Å². The first-order valence-corrected chi connectivity index (χ1v) is 7.90. The molecule has 4 nitrogen and oxygen atoms in total. The van der Waals surface area contributed by atoms with Crippen LogP contribution in [-0.4, -0.2) is 30.6 Å². The number of hydrogen-bond donors (Lipinski definition) is 2. The topological polar surface area (TPSA) is 44.4 Å². The van der Waals surface area contributed by atoms with E-state index in [1.54, 1.807) is 4.90 Å². The number of nitrogens with zero attached hydrogens (tertiary/aromatic N) is 1. The molecule has 0 spiro atoms. The molecule has 0 radical (unpaired) electrons. The van der Waals surface area contributed by atoms with Gasteiger partial charge in [-0.15, -0.1) is 0 Å². The van der Waals surface area contributed by atoms with Crippen LogP contribution in [-0.2, 0) is 0 Å². The van der Waals surface area contributed by atoms with Crippen LogP contribution in [0.5, 0.6) is 0 Å². The monoisotopic (exact) mass is 291 g/mol. The van der Waals surface area contributed by atoms with E-state index >= 15 is 0 Å². The third kappa shape index (κ3) is 5.05. The summed E-state index contributed by atoms with van der Waals surface area (Å²) in [5.41, 5.74) is 2.06. The molecule has 0 saturated carbocycles. The Bertz CT molecular complexity index is 426. The van der Waals surface area contributed by atoms with Crippen molar-refractivity contribution in [1.29, 1.82) is 0 Å². The number of urea groups is 1. The summed E-state index contributed by atoms with van der Waals surface area (Å²) in [4.78, 5) is 14.0. The summed E-state index contributed by atoms with van der Waals surface area (Å²) in [6, 6.07) is 8.60. The predicted octanol–water partition coefficient (Wildman–Crippen LogP) is 4.01. The van der Waals surface area contributed by atoms with E-state index < -0.39 is 0 Å². The summed E-state index contributed by atoms with van der Waals surface area (Å²) in [5, 5.41) is 6.33. The first kappa shape index (κ1) is 17.5. The van der Waals surface area contributed by atoms with Crippen LogP contribution in [0.3, 0.4) is 0 Å². The standard InChI is InChI=1S/C17H29N3O/c1-6-16(7-2)20(5)17(21)19-15-11-9-14(10-12-15)13(4)18-8-3/h9-13,16,18H,6-8H2,1-5H3,(H,19,21). The molecule has 1 rings (SSSR count). The number of anilines is 1. The zero-order valence-corrected chi connectivity index (χ0v) is 13.9. The maximum Gasteiger partial charge on any atom is 0.321 e. The second-order valence-corrected chi connectivity index (χ2v) is 5.41.